The van der Waals surface area contributed by atoms with Crippen molar-refractivity contribution in [2.75, 3.05) is 20.3 Å². The van der Waals surface area contributed by atoms with Crippen LogP contribution >= 0.6 is 0 Å². The van der Waals surface area contributed by atoms with Crippen LogP contribution in [0.2, 0.25) is 0 Å². The van der Waals surface area contributed by atoms with E-state index in [0.717, 1.165) is 6.61 Å². The van der Waals surface area contributed by atoms with Crippen molar-refractivity contribution in [1.29, 1.82) is 0 Å². The van der Waals surface area contributed by atoms with Crippen LogP contribution in [0.15, 0.2) is 0 Å². The van der Waals surface area contributed by atoms with Gasteiger partial charge >= 0.3 is 0 Å². The quantitative estimate of drug-likeness (QED) is 0.699. The summed E-state index contributed by atoms with van der Waals surface area (Å²) in [7, 11) is 1.78. The van der Waals surface area contributed by atoms with E-state index in [0.29, 0.717) is 12.0 Å². The van der Waals surface area contributed by atoms with Crippen LogP contribution in [0.5, 0.6) is 0 Å². The molecule has 1 fully saturated rings. The molecule has 0 bridgehead atoms. The Morgan fingerprint density at radius 2 is 2.25 bits per heavy atom. The predicted molar refractivity (Wildman–Crippen MR) is 51.3 cm³/mol. The average molecular weight is 171 g/mol. The van der Waals surface area contributed by atoms with Gasteiger partial charge in [0.2, 0.25) is 0 Å². The molecular weight excluding hydrogens is 150 g/mol. The molecule has 12 heavy (non-hydrogen) atoms. The second-order valence-electron chi connectivity index (χ2n) is 3.84. The first-order valence-corrected chi connectivity index (χ1v) is 5.07. The zero-order chi connectivity index (χ0) is 8.81. The first-order valence-electron chi connectivity index (χ1n) is 5.07. The van der Waals surface area contributed by atoms with Crippen LogP contribution in [-0.2, 0) is 4.74 Å². The summed E-state index contributed by atoms with van der Waals surface area (Å²) < 4.78 is 5.16. The van der Waals surface area contributed by atoms with Gasteiger partial charge in [-0.15, -0.1) is 0 Å². The lowest BCUT2D eigenvalue weighted by atomic mass is 9.98. The molecule has 0 saturated carbocycles. The summed E-state index contributed by atoms with van der Waals surface area (Å²) >= 11 is 0. The Labute approximate surface area is 75.7 Å². The molecule has 1 aliphatic rings. The first kappa shape index (κ1) is 10.0. The lowest BCUT2D eigenvalue weighted by molar-refractivity contribution is 0.138. The summed E-state index contributed by atoms with van der Waals surface area (Å²) in [6.07, 6.45) is 5.44. The summed E-state index contributed by atoms with van der Waals surface area (Å²) in [5.74, 6) is 0.660. The highest BCUT2D eigenvalue weighted by molar-refractivity contribution is 4.75. The van der Waals surface area contributed by atoms with E-state index in [9.17, 15) is 0 Å². The number of hydrogen-bond acceptors (Lipinski definition) is 2. The molecule has 0 aromatic heterocycles. The van der Waals surface area contributed by atoms with E-state index in [-0.39, 0.29) is 0 Å². The average Bonchev–Trinajstić information content (AvgIpc) is 2.32. The molecule has 2 nitrogen and oxygen atoms in total. The molecule has 0 amide bonds. The van der Waals surface area contributed by atoms with Gasteiger partial charge in [0.15, 0.2) is 0 Å². The number of nitrogens with one attached hydrogen (secondary N) is 1. The third-order valence-electron chi connectivity index (χ3n) is 2.71. The van der Waals surface area contributed by atoms with E-state index in [1.54, 1.807) is 7.11 Å². The minimum absolute atomic E-state index is 0.660. The Kier molecular flexibility index (Phi) is 4.62. The number of methoxy groups -OCH3 is 1. The van der Waals surface area contributed by atoms with Crippen molar-refractivity contribution in [3.8, 4) is 0 Å². The molecule has 72 valence electrons. The maximum atomic E-state index is 5.16. The Hall–Kier alpha value is -0.0800. The molecule has 1 aliphatic heterocycles. The number of rotatable bonds is 3. The molecule has 2 unspecified atom stereocenters. The van der Waals surface area contributed by atoms with Gasteiger partial charge < -0.3 is 10.1 Å². The maximum Gasteiger partial charge on any atom is 0.0502 e. The van der Waals surface area contributed by atoms with Gasteiger partial charge in [0.1, 0.15) is 0 Å². The second kappa shape index (κ2) is 5.55. The van der Waals surface area contributed by atoms with Crippen LogP contribution < -0.4 is 5.32 Å². The van der Waals surface area contributed by atoms with Crippen molar-refractivity contribution < 1.29 is 4.74 Å². The molecule has 0 aromatic rings. The van der Waals surface area contributed by atoms with Gasteiger partial charge in [-0.3, -0.25) is 0 Å². The van der Waals surface area contributed by atoms with E-state index in [1.165, 1.54) is 32.2 Å². The van der Waals surface area contributed by atoms with Crippen molar-refractivity contribution in [3.63, 3.8) is 0 Å². The fourth-order valence-electron chi connectivity index (χ4n) is 1.92. The van der Waals surface area contributed by atoms with E-state index < -0.39 is 0 Å². The Balaban J connectivity index is 2.27. The zero-order valence-electron chi connectivity index (χ0n) is 8.31. The lowest BCUT2D eigenvalue weighted by Gasteiger charge is -2.22. The minimum atomic E-state index is 0.660. The molecule has 1 saturated heterocycles. The van der Waals surface area contributed by atoms with E-state index in [4.69, 9.17) is 4.74 Å². The first-order chi connectivity index (χ1) is 5.84. The molecule has 2 heteroatoms. The van der Waals surface area contributed by atoms with Gasteiger partial charge in [0, 0.05) is 13.2 Å². The van der Waals surface area contributed by atoms with Crippen LogP contribution in [0.4, 0.5) is 0 Å². The largest absolute Gasteiger partial charge is 0.384 e. The summed E-state index contributed by atoms with van der Waals surface area (Å²) in [5.41, 5.74) is 0. The van der Waals surface area contributed by atoms with Gasteiger partial charge in [-0.1, -0.05) is 19.8 Å². The van der Waals surface area contributed by atoms with Gasteiger partial charge in [0.05, 0.1) is 6.61 Å². The maximum absolute atomic E-state index is 5.16. The monoisotopic (exact) mass is 171 g/mol. The van der Waals surface area contributed by atoms with Crippen LogP contribution in [0.25, 0.3) is 0 Å². The zero-order valence-corrected chi connectivity index (χ0v) is 8.31. The lowest BCUT2D eigenvalue weighted by Crippen LogP contribution is -2.36. The normalized spacial score (nSPS) is 28.0. The van der Waals surface area contributed by atoms with E-state index in [1.807, 2.05) is 0 Å². The summed E-state index contributed by atoms with van der Waals surface area (Å²) in [4.78, 5) is 0. The van der Waals surface area contributed by atoms with Gasteiger partial charge in [-0.25, -0.2) is 0 Å². The van der Waals surface area contributed by atoms with Crippen molar-refractivity contribution in [3.05, 3.63) is 0 Å². The van der Waals surface area contributed by atoms with E-state index in [2.05, 4.69) is 12.2 Å². The minimum Gasteiger partial charge on any atom is -0.384 e. The van der Waals surface area contributed by atoms with Gasteiger partial charge in [-0.05, 0) is 25.3 Å². The Bertz CT molecular complexity index is 108. The number of ether oxygens (including phenoxy) is 1. The van der Waals surface area contributed by atoms with Crippen LogP contribution in [0.3, 0.4) is 0 Å². The van der Waals surface area contributed by atoms with Crippen molar-refractivity contribution in [1.82, 2.24) is 5.32 Å². The summed E-state index contributed by atoms with van der Waals surface area (Å²) in [5, 5.41) is 3.59. The highest BCUT2D eigenvalue weighted by atomic mass is 16.5. The number of hydrogen-bond donors (Lipinski definition) is 1. The molecule has 1 N–H and O–H groups in total. The third-order valence-corrected chi connectivity index (χ3v) is 2.71. The van der Waals surface area contributed by atoms with Crippen LogP contribution in [0, 0.1) is 5.92 Å². The molecular formula is C10H21NO. The predicted octanol–water partition coefficient (Wildman–Crippen LogP) is 1.80. The summed E-state index contributed by atoms with van der Waals surface area (Å²) in [6.45, 7) is 4.35. The van der Waals surface area contributed by atoms with Gasteiger partial charge in [-0.2, -0.15) is 0 Å². The van der Waals surface area contributed by atoms with Crippen molar-refractivity contribution in [2.24, 2.45) is 5.92 Å². The molecule has 0 aromatic carbocycles. The highest BCUT2D eigenvalue weighted by Crippen LogP contribution is 2.15. The Morgan fingerprint density at radius 3 is 3.00 bits per heavy atom. The molecule has 2 atom stereocenters. The highest BCUT2D eigenvalue weighted by Gasteiger charge is 2.17. The van der Waals surface area contributed by atoms with Crippen LogP contribution in [-0.4, -0.2) is 26.3 Å². The molecule has 0 spiro atoms. The second-order valence-corrected chi connectivity index (χ2v) is 3.84. The topological polar surface area (TPSA) is 21.3 Å². The molecule has 0 aliphatic carbocycles. The Morgan fingerprint density at radius 1 is 1.42 bits per heavy atom. The fourth-order valence-corrected chi connectivity index (χ4v) is 1.92. The van der Waals surface area contributed by atoms with Crippen LogP contribution in [0.1, 0.15) is 32.6 Å². The SMILES string of the molecule is COCC(C)C1CCCCCN1. The smallest absolute Gasteiger partial charge is 0.0502 e. The summed E-state index contributed by atoms with van der Waals surface area (Å²) in [6, 6.07) is 0.687. The molecule has 1 rings (SSSR count). The van der Waals surface area contributed by atoms with Crippen molar-refractivity contribution >= 4 is 0 Å². The van der Waals surface area contributed by atoms with E-state index >= 15 is 0 Å². The molecule has 0 radical (unpaired) electrons. The third kappa shape index (κ3) is 3.11. The van der Waals surface area contributed by atoms with Crippen molar-refractivity contribution in [2.45, 2.75) is 38.6 Å². The fraction of sp³-hybridized carbons (Fsp3) is 1.00. The van der Waals surface area contributed by atoms with Gasteiger partial charge in [0.25, 0.3) is 0 Å². The molecule has 1 heterocycles. The standard InChI is InChI=1S/C10H21NO/c1-9(8-12-2)10-6-4-3-5-7-11-10/h9-11H,3-8H2,1-2H3.